The van der Waals surface area contributed by atoms with Crippen molar-refractivity contribution in [1.82, 2.24) is 0 Å². The van der Waals surface area contributed by atoms with Crippen molar-refractivity contribution in [2.45, 2.75) is 141 Å². The molecule has 4 aliphatic rings. The van der Waals surface area contributed by atoms with E-state index in [9.17, 15) is 46.1 Å². The second kappa shape index (κ2) is 15.1. The maximum atomic E-state index is 13.1. The van der Waals surface area contributed by atoms with Crippen LogP contribution >= 0.6 is 0 Å². The molecular weight excluding hydrogens is 710 g/mol. The number of alkyl halides is 6. The number of benzene rings is 2. The topological polar surface area (TPSA) is 81.1 Å². The van der Waals surface area contributed by atoms with Gasteiger partial charge in [0.25, 0.3) is 0 Å². The van der Waals surface area contributed by atoms with Crippen molar-refractivity contribution in [3.8, 4) is 0 Å². The fourth-order valence-electron chi connectivity index (χ4n) is 8.90. The summed E-state index contributed by atoms with van der Waals surface area (Å²) in [6, 6.07) is 15.9. The first-order valence-electron chi connectivity index (χ1n) is 19.2. The maximum Gasteiger partial charge on any atom is 0.414 e. The lowest BCUT2D eigenvalue weighted by molar-refractivity contribution is -0.224. The zero-order valence-corrected chi connectivity index (χ0v) is 32.3. The summed E-state index contributed by atoms with van der Waals surface area (Å²) in [6.45, 7) is 14.0. The molecule has 2 aromatic rings. The Morgan fingerprint density at radius 1 is 0.537 bits per heavy atom. The van der Waals surface area contributed by atoms with Crippen molar-refractivity contribution >= 4 is 23.2 Å². The summed E-state index contributed by atoms with van der Waals surface area (Å²) < 4.78 is 76.5. The zero-order valence-electron chi connectivity index (χ0n) is 32.3. The molecule has 2 heterocycles. The summed E-state index contributed by atoms with van der Waals surface area (Å²) in [5.41, 5.74) is 3.02. The van der Waals surface area contributed by atoms with Crippen LogP contribution in [-0.2, 0) is 20.4 Å². The van der Waals surface area contributed by atoms with Gasteiger partial charge in [0.1, 0.15) is 0 Å². The summed E-state index contributed by atoms with van der Waals surface area (Å²) in [6.07, 6.45) is -9.78. The molecule has 12 heteroatoms. The van der Waals surface area contributed by atoms with Gasteiger partial charge in [-0.1, -0.05) is 65.8 Å². The number of hydrogen-bond donors (Lipinski definition) is 2. The molecule has 2 aliphatic carbocycles. The quantitative estimate of drug-likeness (QED) is 0.304. The molecule has 2 N–H and O–H groups in total. The lowest BCUT2D eigenvalue weighted by Crippen LogP contribution is -2.42. The number of nitrogens with zero attached hydrogens (tertiary/aromatic N) is 2. The number of halogens is 6. The fraction of sp³-hybridized carbons (Fsp3) is 0.667. The van der Waals surface area contributed by atoms with Crippen LogP contribution < -0.4 is 9.80 Å². The molecule has 4 fully saturated rings. The van der Waals surface area contributed by atoms with Crippen molar-refractivity contribution < 1.29 is 46.1 Å². The van der Waals surface area contributed by atoms with Crippen LogP contribution in [0.25, 0.3) is 0 Å². The Labute approximate surface area is 315 Å². The highest BCUT2D eigenvalue weighted by Crippen LogP contribution is 2.51. The third-order valence-electron chi connectivity index (χ3n) is 12.7. The molecule has 2 saturated heterocycles. The SMILES string of the molecule is CC(C)(C)c1ccc(N2CCC3(CCC(C(O)C(F)(F)F)CC3)C2=O)cc1.CC(C)(C)c1ccc(N2CCC3(CCC(C(O)C(F)(F)F)CC3)C2=O)cc1. The molecule has 0 radical (unpaired) electrons. The van der Waals surface area contributed by atoms with Crippen molar-refractivity contribution in [3.05, 3.63) is 59.7 Å². The van der Waals surface area contributed by atoms with Crippen LogP contribution in [-0.4, -0.2) is 59.7 Å². The van der Waals surface area contributed by atoms with Crippen LogP contribution in [0.4, 0.5) is 37.7 Å². The first kappa shape index (κ1) is 42.0. The van der Waals surface area contributed by atoms with Crippen molar-refractivity contribution in [1.29, 1.82) is 0 Å². The summed E-state index contributed by atoms with van der Waals surface area (Å²) in [5.74, 6) is -1.57. The van der Waals surface area contributed by atoms with Gasteiger partial charge >= 0.3 is 12.4 Å². The zero-order chi connectivity index (χ0) is 40.1. The van der Waals surface area contributed by atoms with E-state index in [4.69, 9.17) is 0 Å². The molecular formula is C42H56F6N2O4. The number of aliphatic hydroxyl groups excluding tert-OH is 2. The third kappa shape index (κ3) is 8.79. The third-order valence-corrected chi connectivity index (χ3v) is 12.7. The predicted molar refractivity (Wildman–Crippen MR) is 197 cm³/mol. The first-order chi connectivity index (χ1) is 24.9. The van der Waals surface area contributed by atoms with E-state index in [0.29, 0.717) is 51.6 Å². The van der Waals surface area contributed by atoms with E-state index in [2.05, 4.69) is 41.5 Å². The van der Waals surface area contributed by atoms with Gasteiger partial charge in [0.05, 0.1) is 10.8 Å². The van der Waals surface area contributed by atoms with Crippen LogP contribution in [0.15, 0.2) is 48.5 Å². The van der Waals surface area contributed by atoms with Gasteiger partial charge in [-0.05, 0) is 122 Å². The minimum absolute atomic E-state index is 0.0194. The van der Waals surface area contributed by atoms with Crippen molar-refractivity contribution in [2.75, 3.05) is 22.9 Å². The summed E-state index contributed by atoms with van der Waals surface area (Å²) >= 11 is 0. The van der Waals surface area contributed by atoms with Gasteiger partial charge in [-0.2, -0.15) is 26.3 Å². The van der Waals surface area contributed by atoms with E-state index in [1.807, 2.05) is 48.5 Å². The molecule has 2 saturated carbocycles. The van der Waals surface area contributed by atoms with Gasteiger partial charge in [-0.15, -0.1) is 0 Å². The van der Waals surface area contributed by atoms with E-state index in [0.717, 1.165) is 11.4 Å². The predicted octanol–water partition coefficient (Wildman–Crippen LogP) is 9.64. The van der Waals surface area contributed by atoms with E-state index < -0.39 is 47.2 Å². The Morgan fingerprint density at radius 3 is 1.06 bits per heavy atom. The summed E-state index contributed by atoms with van der Waals surface area (Å²) in [5, 5.41) is 19.0. The molecule has 6 nitrogen and oxygen atoms in total. The number of rotatable bonds is 4. The molecule has 2 amide bonds. The number of hydrogen-bond acceptors (Lipinski definition) is 4. The minimum atomic E-state index is -4.59. The average molecular weight is 767 g/mol. The second-order valence-electron chi connectivity index (χ2n) is 18.2. The largest absolute Gasteiger partial charge is 0.414 e. The Hall–Kier alpha value is -3.12. The Morgan fingerprint density at radius 2 is 0.815 bits per heavy atom. The highest BCUT2D eigenvalue weighted by Gasteiger charge is 2.54. The first-order valence-corrected chi connectivity index (χ1v) is 19.2. The highest BCUT2D eigenvalue weighted by molar-refractivity contribution is 6.00. The van der Waals surface area contributed by atoms with E-state index >= 15 is 0 Å². The van der Waals surface area contributed by atoms with Gasteiger partial charge in [0.2, 0.25) is 11.8 Å². The normalized spacial score (nSPS) is 28.0. The monoisotopic (exact) mass is 766 g/mol. The Balaban J connectivity index is 0.000000208. The highest BCUT2D eigenvalue weighted by atomic mass is 19.4. The molecule has 2 aromatic carbocycles. The van der Waals surface area contributed by atoms with Gasteiger partial charge in [-0.25, -0.2) is 0 Å². The lowest BCUT2D eigenvalue weighted by Gasteiger charge is -2.37. The molecule has 0 aromatic heterocycles. The second-order valence-corrected chi connectivity index (χ2v) is 18.2. The van der Waals surface area contributed by atoms with Crippen LogP contribution in [0.3, 0.4) is 0 Å². The molecule has 2 atom stereocenters. The molecule has 0 bridgehead atoms. The van der Waals surface area contributed by atoms with Gasteiger partial charge in [0, 0.05) is 24.5 Å². The molecule has 6 rings (SSSR count). The van der Waals surface area contributed by atoms with E-state index in [-0.39, 0.29) is 48.3 Å². The van der Waals surface area contributed by atoms with Crippen LogP contribution in [0.1, 0.15) is 117 Å². The maximum absolute atomic E-state index is 13.1. The van der Waals surface area contributed by atoms with E-state index in [1.54, 1.807) is 9.80 Å². The number of carbonyl (C=O) groups excluding carboxylic acids is 2. The Bertz CT molecular complexity index is 1490. The molecule has 54 heavy (non-hydrogen) atoms. The standard InChI is InChI=1S/2C21H28F3NO2/c2*1-19(2,3)15-4-6-16(7-5-15)25-13-12-20(18(25)27)10-8-14(9-11-20)17(26)21(22,23)24/h2*4-7,14,17,26H,8-13H2,1-3H3. The van der Waals surface area contributed by atoms with Crippen molar-refractivity contribution in [2.24, 2.45) is 22.7 Å². The fourth-order valence-corrected chi connectivity index (χ4v) is 8.90. The van der Waals surface area contributed by atoms with Crippen molar-refractivity contribution in [3.63, 3.8) is 0 Å². The molecule has 300 valence electrons. The van der Waals surface area contributed by atoms with Gasteiger partial charge in [-0.3, -0.25) is 9.59 Å². The summed E-state index contributed by atoms with van der Waals surface area (Å²) in [7, 11) is 0. The molecule has 2 spiro atoms. The van der Waals surface area contributed by atoms with Gasteiger partial charge < -0.3 is 20.0 Å². The van der Waals surface area contributed by atoms with E-state index in [1.165, 1.54) is 11.1 Å². The Kier molecular flexibility index (Phi) is 11.7. The lowest BCUT2D eigenvalue weighted by atomic mass is 9.68. The minimum Gasteiger partial charge on any atom is -0.383 e. The number of anilines is 2. The van der Waals surface area contributed by atoms with Crippen LogP contribution in [0.5, 0.6) is 0 Å². The number of carbonyl (C=O) groups is 2. The van der Waals surface area contributed by atoms with Gasteiger partial charge in [0.15, 0.2) is 12.2 Å². The van der Waals surface area contributed by atoms with Crippen LogP contribution in [0.2, 0.25) is 0 Å². The number of amides is 2. The smallest absolute Gasteiger partial charge is 0.383 e. The summed E-state index contributed by atoms with van der Waals surface area (Å²) in [4.78, 5) is 29.7. The number of aliphatic hydroxyl groups is 2. The molecule has 2 unspecified atom stereocenters. The average Bonchev–Trinajstić information content (AvgIpc) is 3.58. The molecule has 2 aliphatic heterocycles. The van der Waals surface area contributed by atoms with Crippen LogP contribution in [0, 0.1) is 22.7 Å².